The Morgan fingerprint density at radius 3 is 2.40 bits per heavy atom. The van der Waals surface area contributed by atoms with Crippen molar-refractivity contribution in [1.82, 2.24) is 20.2 Å². The molecule has 0 atom stereocenters. The Labute approximate surface area is 82.2 Å². The summed E-state index contributed by atoms with van der Waals surface area (Å²) in [7, 11) is 0. The molecule has 2 aromatic rings. The number of alkyl halides is 3. The molecule has 0 fully saturated rings. The molecule has 1 N–H and O–H groups in total. The van der Waals surface area contributed by atoms with Crippen LogP contribution in [0.3, 0.4) is 0 Å². The number of aromatic nitrogens is 4. The van der Waals surface area contributed by atoms with Crippen molar-refractivity contribution in [2.24, 2.45) is 0 Å². The third-order valence-corrected chi connectivity index (χ3v) is 1.73. The van der Waals surface area contributed by atoms with Gasteiger partial charge in [0.05, 0.1) is 6.20 Å². The first-order chi connectivity index (χ1) is 7.09. The summed E-state index contributed by atoms with van der Waals surface area (Å²) in [6, 6.07) is 1.52. The lowest BCUT2D eigenvalue weighted by Crippen LogP contribution is -2.06. The molecular formula is C8H5F3N4. The van der Waals surface area contributed by atoms with Crippen LogP contribution >= 0.6 is 0 Å². The van der Waals surface area contributed by atoms with Crippen LogP contribution < -0.4 is 0 Å². The maximum absolute atomic E-state index is 12.5. The number of aromatic amines is 1. The fraction of sp³-hybridized carbons (Fsp3) is 0.125. The second-order valence-corrected chi connectivity index (χ2v) is 2.73. The van der Waals surface area contributed by atoms with E-state index < -0.39 is 11.7 Å². The smallest absolute Gasteiger partial charge is 0.274 e. The van der Waals surface area contributed by atoms with E-state index in [2.05, 4.69) is 20.2 Å². The van der Waals surface area contributed by atoms with Gasteiger partial charge < -0.3 is 0 Å². The summed E-state index contributed by atoms with van der Waals surface area (Å²) < 4.78 is 37.4. The number of hydrogen-bond acceptors (Lipinski definition) is 3. The number of hydrogen-bond donors (Lipinski definition) is 1. The van der Waals surface area contributed by atoms with Gasteiger partial charge in [-0.2, -0.15) is 18.3 Å². The number of nitrogens with one attached hydrogen (secondary N) is 1. The van der Waals surface area contributed by atoms with Crippen molar-refractivity contribution in [3.8, 4) is 11.5 Å². The Morgan fingerprint density at radius 1 is 1.13 bits per heavy atom. The number of rotatable bonds is 1. The topological polar surface area (TPSA) is 54.5 Å². The number of nitrogens with zero attached hydrogens (tertiary/aromatic N) is 3. The normalized spacial score (nSPS) is 11.7. The minimum absolute atomic E-state index is 0.0256. The van der Waals surface area contributed by atoms with Gasteiger partial charge in [0.2, 0.25) is 0 Å². The third-order valence-electron chi connectivity index (χ3n) is 1.73. The molecular weight excluding hydrogens is 209 g/mol. The Morgan fingerprint density at radius 2 is 1.80 bits per heavy atom. The molecule has 7 heteroatoms. The van der Waals surface area contributed by atoms with E-state index in [4.69, 9.17) is 0 Å². The van der Waals surface area contributed by atoms with Gasteiger partial charge in [0, 0.05) is 12.4 Å². The zero-order valence-electron chi connectivity index (χ0n) is 7.28. The quantitative estimate of drug-likeness (QED) is 0.788. The van der Waals surface area contributed by atoms with Gasteiger partial charge in [0.1, 0.15) is 11.3 Å². The van der Waals surface area contributed by atoms with E-state index in [9.17, 15) is 13.2 Å². The van der Waals surface area contributed by atoms with Gasteiger partial charge in [-0.05, 0) is 6.07 Å². The van der Waals surface area contributed by atoms with Crippen molar-refractivity contribution >= 4 is 0 Å². The molecule has 0 saturated heterocycles. The molecule has 2 heterocycles. The van der Waals surface area contributed by atoms with Crippen LogP contribution in [0, 0.1) is 0 Å². The molecule has 0 aliphatic carbocycles. The van der Waals surface area contributed by atoms with Gasteiger partial charge in [-0.3, -0.25) is 5.10 Å². The molecule has 0 amide bonds. The maximum atomic E-state index is 12.5. The molecule has 0 aliphatic heterocycles. The minimum Gasteiger partial charge on any atom is -0.274 e. The van der Waals surface area contributed by atoms with Gasteiger partial charge in [-0.1, -0.05) is 0 Å². The second kappa shape index (κ2) is 3.34. The molecule has 2 aromatic heterocycles. The minimum atomic E-state index is -4.46. The van der Waals surface area contributed by atoms with Gasteiger partial charge in [0.15, 0.2) is 5.82 Å². The summed E-state index contributed by atoms with van der Waals surface area (Å²) in [4.78, 5) is 7.43. The standard InChI is InChI=1S/C8H5F3N4/c9-8(10,11)5-4-14-15-6(5)7-12-2-1-3-13-7/h1-4H,(H,14,15). The zero-order chi connectivity index (χ0) is 10.9. The summed E-state index contributed by atoms with van der Waals surface area (Å²) in [5.74, 6) is -0.0256. The molecule has 15 heavy (non-hydrogen) atoms. The highest BCUT2D eigenvalue weighted by molar-refractivity contribution is 5.54. The van der Waals surface area contributed by atoms with Crippen molar-refractivity contribution < 1.29 is 13.2 Å². The SMILES string of the molecule is FC(F)(F)c1cn[nH]c1-c1ncccn1. The van der Waals surface area contributed by atoms with Crippen LogP contribution in [0.5, 0.6) is 0 Å². The average Bonchev–Trinajstić information content (AvgIpc) is 2.67. The summed E-state index contributed by atoms with van der Waals surface area (Å²) in [6.07, 6.45) is -1.01. The van der Waals surface area contributed by atoms with E-state index in [1.807, 2.05) is 0 Å². The average molecular weight is 214 g/mol. The number of halogens is 3. The van der Waals surface area contributed by atoms with Crippen LogP contribution in [0.25, 0.3) is 11.5 Å². The van der Waals surface area contributed by atoms with E-state index in [0.29, 0.717) is 6.20 Å². The van der Waals surface area contributed by atoms with Crippen LogP contribution in [0.2, 0.25) is 0 Å². The lowest BCUT2D eigenvalue weighted by Gasteiger charge is -2.04. The molecule has 0 saturated carbocycles. The van der Waals surface area contributed by atoms with Crippen LogP contribution in [0.4, 0.5) is 13.2 Å². The maximum Gasteiger partial charge on any atom is 0.420 e. The fourth-order valence-electron chi connectivity index (χ4n) is 1.10. The fourth-order valence-corrected chi connectivity index (χ4v) is 1.10. The Hall–Kier alpha value is -1.92. The Balaban J connectivity index is 2.51. The van der Waals surface area contributed by atoms with E-state index >= 15 is 0 Å². The zero-order valence-corrected chi connectivity index (χ0v) is 7.28. The lowest BCUT2D eigenvalue weighted by atomic mass is 10.2. The summed E-state index contributed by atoms with van der Waals surface area (Å²) >= 11 is 0. The summed E-state index contributed by atoms with van der Waals surface area (Å²) in [6.45, 7) is 0. The predicted molar refractivity (Wildman–Crippen MR) is 44.6 cm³/mol. The lowest BCUT2D eigenvalue weighted by molar-refractivity contribution is -0.137. The third kappa shape index (κ3) is 1.80. The molecule has 0 spiro atoms. The monoisotopic (exact) mass is 214 g/mol. The van der Waals surface area contributed by atoms with Crippen molar-refractivity contribution in [3.63, 3.8) is 0 Å². The van der Waals surface area contributed by atoms with Crippen LogP contribution in [-0.2, 0) is 6.18 Å². The van der Waals surface area contributed by atoms with Crippen molar-refractivity contribution in [3.05, 3.63) is 30.2 Å². The van der Waals surface area contributed by atoms with Crippen LogP contribution in [0.15, 0.2) is 24.7 Å². The van der Waals surface area contributed by atoms with Gasteiger partial charge >= 0.3 is 6.18 Å². The summed E-state index contributed by atoms with van der Waals surface area (Å²) in [5, 5.41) is 5.57. The van der Waals surface area contributed by atoms with E-state index in [1.54, 1.807) is 0 Å². The van der Waals surface area contributed by atoms with Crippen LogP contribution in [0.1, 0.15) is 5.56 Å². The molecule has 0 aliphatic rings. The van der Waals surface area contributed by atoms with E-state index in [0.717, 1.165) is 0 Å². The van der Waals surface area contributed by atoms with Crippen LogP contribution in [-0.4, -0.2) is 20.2 Å². The highest BCUT2D eigenvalue weighted by Crippen LogP contribution is 2.34. The van der Waals surface area contributed by atoms with Crippen molar-refractivity contribution in [1.29, 1.82) is 0 Å². The van der Waals surface area contributed by atoms with Crippen molar-refractivity contribution in [2.45, 2.75) is 6.18 Å². The molecule has 0 radical (unpaired) electrons. The molecule has 2 rings (SSSR count). The largest absolute Gasteiger partial charge is 0.420 e. The first-order valence-corrected chi connectivity index (χ1v) is 3.97. The van der Waals surface area contributed by atoms with Gasteiger partial charge in [-0.25, -0.2) is 9.97 Å². The molecule has 4 nitrogen and oxygen atoms in total. The molecule has 0 aromatic carbocycles. The Kier molecular flexibility index (Phi) is 2.14. The van der Waals surface area contributed by atoms with Crippen molar-refractivity contribution in [2.75, 3.05) is 0 Å². The highest BCUT2D eigenvalue weighted by Gasteiger charge is 2.36. The number of H-pyrrole nitrogens is 1. The molecule has 0 bridgehead atoms. The first kappa shape index (κ1) is 9.63. The van der Waals surface area contributed by atoms with Gasteiger partial charge in [0.25, 0.3) is 0 Å². The predicted octanol–water partition coefficient (Wildman–Crippen LogP) is 1.89. The van der Waals surface area contributed by atoms with E-state index in [1.165, 1.54) is 18.5 Å². The highest BCUT2D eigenvalue weighted by atomic mass is 19.4. The molecule has 0 unspecified atom stereocenters. The molecule has 78 valence electrons. The van der Waals surface area contributed by atoms with Gasteiger partial charge in [-0.15, -0.1) is 0 Å². The summed E-state index contributed by atoms with van der Waals surface area (Å²) in [5.41, 5.74) is -1.09. The Bertz CT molecular complexity index is 448. The van der Waals surface area contributed by atoms with E-state index in [-0.39, 0.29) is 11.5 Å². The first-order valence-electron chi connectivity index (χ1n) is 3.97. The second-order valence-electron chi connectivity index (χ2n) is 2.73.